The molecule has 2 aliphatic rings. The van der Waals surface area contributed by atoms with Gasteiger partial charge in [-0.3, -0.25) is 14.9 Å². The van der Waals surface area contributed by atoms with Crippen molar-refractivity contribution < 1.29 is 9.59 Å². The van der Waals surface area contributed by atoms with Gasteiger partial charge in [-0.1, -0.05) is 28.1 Å². The van der Waals surface area contributed by atoms with Crippen molar-refractivity contribution in [2.75, 3.05) is 0 Å². The number of imide groups is 1. The Morgan fingerprint density at radius 3 is 2.39 bits per heavy atom. The van der Waals surface area contributed by atoms with E-state index in [9.17, 15) is 9.59 Å². The van der Waals surface area contributed by atoms with Gasteiger partial charge in [-0.15, -0.1) is 0 Å². The normalized spacial score (nSPS) is 28.1. The molecule has 0 bridgehead atoms. The lowest BCUT2D eigenvalue weighted by atomic mass is 9.78. The van der Waals surface area contributed by atoms with Crippen LogP contribution in [-0.4, -0.2) is 11.8 Å². The molecule has 4 heteroatoms. The van der Waals surface area contributed by atoms with Gasteiger partial charge >= 0.3 is 0 Å². The summed E-state index contributed by atoms with van der Waals surface area (Å²) in [5, 5.41) is 2.47. The van der Waals surface area contributed by atoms with Crippen molar-refractivity contribution in [3.05, 3.63) is 34.3 Å². The Hall–Kier alpha value is -1.16. The molecule has 0 spiro atoms. The van der Waals surface area contributed by atoms with Gasteiger partial charge in [0.15, 0.2) is 0 Å². The van der Waals surface area contributed by atoms with E-state index in [1.807, 2.05) is 24.3 Å². The minimum Gasteiger partial charge on any atom is -0.296 e. The van der Waals surface area contributed by atoms with Gasteiger partial charge in [0.2, 0.25) is 11.8 Å². The van der Waals surface area contributed by atoms with Crippen molar-refractivity contribution in [1.82, 2.24) is 5.32 Å². The van der Waals surface area contributed by atoms with E-state index in [0.717, 1.165) is 22.9 Å². The molecular weight excluding hydrogens is 294 g/mol. The highest BCUT2D eigenvalue weighted by Crippen LogP contribution is 2.47. The van der Waals surface area contributed by atoms with E-state index in [1.54, 1.807) is 0 Å². The van der Waals surface area contributed by atoms with E-state index < -0.39 is 0 Å². The Morgan fingerprint density at radius 2 is 1.78 bits per heavy atom. The number of carbonyl (C=O) groups is 2. The van der Waals surface area contributed by atoms with Crippen LogP contribution < -0.4 is 5.32 Å². The minimum absolute atomic E-state index is 0.120. The van der Waals surface area contributed by atoms with Crippen molar-refractivity contribution in [3.63, 3.8) is 0 Å². The zero-order chi connectivity index (χ0) is 12.7. The SMILES string of the molecule is O=C1CC(C2CC2)C(c2ccc(Br)cc2)C(=O)N1. The number of hydrogen-bond donors (Lipinski definition) is 1. The molecule has 1 aliphatic heterocycles. The van der Waals surface area contributed by atoms with E-state index in [4.69, 9.17) is 0 Å². The molecule has 94 valence electrons. The molecule has 0 radical (unpaired) electrons. The smallest absolute Gasteiger partial charge is 0.234 e. The summed E-state index contributed by atoms with van der Waals surface area (Å²) < 4.78 is 1.00. The van der Waals surface area contributed by atoms with Gasteiger partial charge in [-0.05, 0) is 42.4 Å². The van der Waals surface area contributed by atoms with Crippen molar-refractivity contribution in [2.45, 2.75) is 25.2 Å². The molecule has 1 saturated heterocycles. The maximum atomic E-state index is 12.1. The number of halogens is 1. The first-order chi connectivity index (χ1) is 8.65. The molecule has 1 N–H and O–H groups in total. The van der Waals surface area contributed by atoms with Gasteiger partial charge in [0.1, 0.15) is 0 Å². The molecule has 1 saturated carbocycles. The molecule has 1 aliphatic carbocycles. The van der Waals surface area contributed by atoms with Crippen LogP contribution in [0.2, 0.25) is 0 Å². The Morgan fingerprint density at radius 1 is 1.11 bits per heavy atom. The van der Waals surface area contributed by atoms with E-state index >= 15 is 0 Å². The van der Waals surface area contributed by atoms with Gasteiger partial charge in [0.25, 0.3) is 0 Å². The number of piperidine rings is 1. The van der Waals surface area contributed by atoms with E-state index in [0.29, 0.717) is 12.3 Å². The van der Waals surface area contributed by atoms with Crippen LogP contribution in [0, 0.1) is 11.8 Å². The summed E-state index contributed by atoms with van der Waals surface area (Å²) in [6.07, 6.45) is 2.79. The average molecular weight is 308 g/mol. The van der Waals surface area contributed by atoms with Crippen LogP contribution in [-0.2, 0) is 9.59 Å². The molecule has 2 fully saturated rings. The standard InChI is InChI=1S/C14H14BrNO2/c15-10-5-3-9(4-6-10)13-11(8-1-2-8)7-12(17)16-14(13)18/h3-6,8,11,13H,1-2,7H2,(H,16,17,18). The molecule has 2 unspecified atom stereocenters. The summed E-state index contributed by atoms with van der Waals surface area (Å²) in [5.41, 5.74) is 1.01. The number of amides is 2. The molecule has 1 aromatic carbocycles. The zero-order valence-electron chi connectivity index (χ0n) is 9.86. The quantitative estimate of drug-likeness (QED) is 0.854. The largest absolute Gasteiger partial charge is 0.296 e. The lowest BCUT2D eigenvalue weighted by Crippen LogP contribution is -2.45. The number of benzene rings is 1. The first-order valence-electron chi connectivity index (χ1n) is 6.24. The van der Waals surface area contributed by atoms with E-state index in [2.05, 4.69) is 21.2 Å². The van der Waals surface area contributed by atoms with Gasteiger partial charge in [-0.2, -0.15) is 0 Å². The van der Waals surface area contributed by atoms with Crippen LogP contribution in [0.4, 0.5) is 0 Å². The Balaban J connectivity index is 1.93. The minimum atomic E-state index is -0.164. The second kappa shape index (κ2) is 4.50. The summed E-state index contributed by atoms with van der Waals surface area (Å²) in [7, 11) is 0. The Bertz CT molecular complexity index is 493. The lowest BCUT2D eigenvalue weighted by molar-refractivity contribution is -0.136. The fourth-order valence-corrected chi connectivity index (χ4v) is 3.09. The highest BCUT2D eigenvalue weighted by molar-refractivity contribution is 9.10. The molecule has 1 aromatic rings. The third-order valence-corrected chi connectivity index (χ3v) is 4.38. The number of hydrogen-bond acceptors (Lipinski definition) is 2. The fourth-order valence-electron chi connectivity index (χ4n) is 2.82. The van der Waals surface area contributed by atoms with Gasteiger partial charge in [-0.25, -0.2) is 0 Å². The second-order valence-corrected chi connectivity index (χ2v) is 6.06. The Labute approximate surface area is 114 Å². The summed E-state index contributed by atoms with van der Waals surface area (Å²) >= 11 is 3.40. The van der Waals surface area contributed by atoms with Crippen molar-refractivity contribution in [2.24, 2.45) is 11.8 Å². The zero-order valence-corrected chi connectivity index (χ0v) is 11.4. The van der Waals surface area contributed by atoms with E-state index in [-0.39, 0.29) is 23.7 Å². The number of nitrogens with one attached hydrogen (secondary N) is 1. The lowest BCUT2D eigenvalue weighted by Gasteiger charge is -2.30. The van der Waals surface area contributed by atoms with Crippen LogP contribution in [0.5, 0.6) is 0 Å². The predicted octanol–water partition coefficient (Wildman–Crippen LogP) is 2.61. The van der Waals surface area contributed by atoms with Crippen LogP contribution >= 0.6 is 15.9 Å². The van der Waals surface area contributed by atoms with Crippen molar-refractivity contribution >= 4 is 27.7 Å². The number of rotatable bonds is 2. The third kappa shape index (κ3) is 2.21. The fraction of sp³-hybridized carbons (Fsp3) is 0.429. The van der Waals surface area contributed by atoms with Gasteiger partial charge < -0.3 is 0 Å². The topological polar surface area (TPSA) is 46.2 Å². The van der Waals surface area contributed by atoms with Gasteiger partial charge in [0.05, 0.1) is 5.92 Å². The first kappa shape index (κ1) is 11.9. The highest BCUT2D eigenvalue weighted by atomic mass is 79.9. The molecule has 3 rings (SSSR count). The molecular formula is C14H14BrNO2. The molecule has 1 heterocycles. The number of carbonyl (C=O) groups excluding carboxylic acids is 2. The van der Waals surface area contributed by atoms with Crippen LogP contribution in [0.15, 0.2) is 28.7 Å². The molecule has 2 amide bonds. The van der Waals surface area contributed by atoms with Crippen LogP contribution in [0.3, 0.4) is 0 Å². The summed E-state index contributed by atoms with van der Waals surface area (Å²) in [6.45, 7) is 0. The summed E-state index contributed by atoms with van der Waals surface area (Å²) in [6, 6.07) is 7.84. The van der Waals surface area contributed by atoms with Gasteiger partial charge in [0, 0.05) is 10.9 Å². The van der Waals surface area contributed by atoms with Crippen molar-refractivity contribution in [1.29, 1.82) is 0 Å². The maximum absolute atomic E-state index is 12.1. The van der Waals surface area contributed by atoms with Crippen LogP contribution in [0.1, 0.15) is 30.7 Å². The summed E-state index contributed by atoms with van der Waals surface area (Å²) in [5.74, 6) is 0.320. The molecule has 18 heavy (non-hydrogen) atoms. The molecule has 0 aromatic heterocycles. The second-order valence-electron chi connectivity index (χ2n) is 5.15. The monoisotopic (exact) mass is 307 g/mol. The van der Waals surface area contributed by atoms with E-state index in [1.165, 1.54) is 0 Å². The average Bonchev–Trinajstić information content (AvgIpc) is 3.14. The molecule has 3 nitrogen and oxygen atoms in total. The first-order valence-corrected chi connectivity index (χ1v) is 7.03. The van der Waals surface area contributed by atoms with Crippen molar-refractivity contribution in [3.8, 4) is 0 Å². The predicted molar refractivity (Wildman–Crippen MR) is 70.9 cm³/mol. The summed E-state index contributed by atoms with van der Waals surface area (Å²) in [4.78, 5) is 23.6. The Kier molecular flexibility index (Phi) is 2.98. The van der Waals surface area contributed by atoms with Crippen LogP contribution in [0.25, 0.3) is 0 Å². The highest BCUT2D eigenvalue weighted by Gasteiger charge is 2.44. The molecule has 2 atom stereocenters. The maximum Gasteiger partial charge on any atom is 0.234 e. The third-order valence-electron chi connectivity index (χ3n) is 3.85.